The van der Waals surface area contributed by atoms with Crippen molar-refractivity contribution in [3.05, 3.63) is 53.3 Å². The van der Waals surface area contributed by atoms with E-state index in [1.165, 1.54) is 0 Å². The first-order valence-electron chi connectivity index (χ1n) is 6.15. The van der Waals surface area contributed by atoms with Gasteiger partial charge < -0.3 is 5.73 Å². The number of nitrogens with zero attached hydrogens (tertiary/aromatic N) is 2. The second-order valence-electron chi connectivity index (χ2n) is 4.19. The maximum atomic E-state index is 6.23. The molecular formula is C14H16ClN3S. The Hall–Kier alpha value is -1.10. The van der Waals surface area contributed by atoms with E-state index in [2.05, 4.69) is 16.9 Å². The van der Waals surface area contributed by atoms with Gasteiger partial charge in [-0.2, -0.15) is 0 Å². The van der Waals surface area contributed by atoms with Crippen LogP contribution in [0.15, 0.2) is 47.9 Å². The molecule has 5 heteroatoms. The smallest absolute Gasteiger partial charge is 0.188 e. The number of rotatable bonds is 5. The summed E-state index contributed by atoms with van der Waals surface area (Å²) in [6, 6.07) is 9.66. The van der Waals surface area contributed by atoms with Crippen molar-refractivity contribution in [3.63, 3.8) is 0 Å². The van der Waals surface area contributed by atoms with Gasteiger partial charge in [-0.05, 0) is 30.2 Å². The lowest BCUT2D eigenvalue weighted by Crippen LogP contribution is -2.25. The molecule has 2 aromatic rings. The number of thioether (sulfide) groups is 1. The molecule has 2 rings (SSSR count). The summed E-state index contributed by atoms with van der Waals surface area (Å²) in [5.74, 6) is 0. The lowest BCUT2D eigenvalue weighted by atomic mass is 10.0. The van der Waals surface area contributed by atoms with Crippen LogP contribution in [0.25, 0.3) is 0 Å². The normalized spacial score (nSPS) is 14.1. The zero-order valence-corrected chi connectivity index (χ0v) is 12.2. The molecule has 0 radical (unpaired) electrons. The van der Waals surface area contributed by atoms with Gasteiger partial charge in [0.25, 0.3) is 0 Å². The third-order valence-electron chi connectivity index (χ3n) is 2.83. The number of halogens is 1. The van der Waals surface area contributed by atoms with Crippen molar-refractivity contribution in [3.8, 4) is 0 Å². The molecule has 19 heavy (non-hydrogen) atoms. The predicted octanol–water partition coefficient (Wildman–Crippen LogP) is 3.70. The molecule has 100 valence electrons. The molecule has 0 aliphatic heterocycles. The van der Waals surface area contributed by atoms with Crippen molar-refractivity contribution < 1.29 is 0 Å². The molecule has 0 amide bonds. The fourth-order valence-electron chi connectivity index (χ4n) is 1.73. The van der Waals surface area contributed by atoms with Crippen molar-refractivity contribution in [2.45, 2.75) is 29.8 Å². The molecule has 0 saturated heterocycles. The molecule has 2 atom stereocenters. The minimum Gasteiger partial charge on any atom is -0.326 e. The number of aromatic nitrogens is 2. The predicted molar refractivity (Wildman–Crippen MR) is 80.3 cm³/mol. The Morgan fingerprint density at radius 1 is 1.21 bits per heavy atom. The van der Waals surface area contributed by atoms with Crippen molar-refractivity contribution in [1.29, 1.82) is 0 Å². The monoisotopic (exact) mass is 293 g/mol. The lowest BCUT2D eigenvalue weighted by Gasteiger charge is -2.22. The summed E-state index contributed by atoms with van der Waals surface area (Å²) in [5, 5.41) is 1.60. The summed E-state index contributed by atoms with van der Waals surface area (Å²) < 4.78 is 0. The van der Waals surface area contributed by atoms with Gasteiger partial charge in [-0.15, -0.1) is 0 Å². The standard InChI is InChI=1S/C14H16ClN3S/c1-2-12(16)13(10-4-6-11(15)7-5-10)19-14-17-8-3-9-18-14/h3-9,12-13H,2,16H2,1H3. The fraction of sp³-hybridized carbons (Fsp3) is 0.286. The van der Waals surface area contributed by atoms with Crippen LogP contribution >= 0.6 is 23.4 Å². The van der Waals surface area contributed by atoms with E-state index in [4.69, 9.17) is 17.3 Å². The van der Waals surface area contributed by atoms with Crippen LogP contribution in [0.5, 0.6) is 0 Å². The van der Waals surface area contributed by atoms with Gasteiger partial charge in [0.15, 0.2) is 5.16 Å². The van der Waals surface area contributed by atoms with E-state index in [1.807, 2.05) is 24.3 Å². The number of hydrogen-bond donors (Lipinski definition) is 1. The highest BCUT2D eigenvalue weighted by molar-refractivity contribution is 7.99. The van der Waals surface area contributed by atoms with E-state index in [0.29, 0.717) is 0 Å². The molecule has 2 N–H and O–H groups in total. The van der Waals surface area contributed by atoms with E-state index >= 15 is 0 Å². The fourth-order valence-corrected chi connectivity index (χ4v) is 2.99. The van der Waals surface area contributed by atoms with Crippen LogP contribution in [0.2, 0.25) is 5.02 Å². The average Bonchev–Trinajstić information content (AvgIpc) is 2.46. The Balaban J connectivity index is 2.23. The number of hydrogen-bond acceptors (Lipinski definition) is 4. The van der Waals surface area contributed by atoms with E-state index < -0.39 is 0 Å². The van der Waals surface area contributed by atoms with Gasteiger partial charge in [-0.25, -0.2) is 9.97 Å². The molecule has 0 aliphatic carbocycles. The van der Waals surface area contributed by atoms with E-state index in [1.54, 1.807) is 30.2 Å². The first kappa shape index (κ1) is 14.3. The Morgan fingerprint density at radius 2 is 1.84 bits per heavy atom. The molecule has 0 bridgehead atoms. The first-order valence-corrected chi connectivity index (χ1v) is 7.41. The third kappa shape index (κ3) is 3.93. The summed E-state index contributed by atoms with van der Waals surface area (Å²) in [5.41, 5.74) is 7.38. The van der Waals surface area contributed by atoms with Crippen molar-refractivity contribution in [2.75, 3.05) is 0 Å². The Bertz CT molecular complexity index is 504. The second-order valence-corrected chi connectivity index (χ2v) is 5.74. The number of benzene rings is 1. The summed E-state index contributed by atoms with van der Waals surface area (Å²) in [4.78, 5) is 8.50. The maximum absolute atomic E-state index is 6.23. The first-order chi connectivity index (χ1) is 9.20. The average molecular weight is 294 g/mol. The van der Waals surface area contributed by atoms with Crippen LogP contribution in [0.3, 0.4) is 0 Å². The molecule has 0 fully saturated rings. The molecule has 3 nitrogen and oxygen atoms in total. The van der Waals surface area contributed by atoms with Crippen molar-refractivity contribution in [1.82, 2.24) is 9.97 Å². The number of nitrogens with two attached hydrogens (primary N) is 1. The van der Waals surface area contributed by atoms with Gasteiger partial charge in [-0.3, -0.25) is 0 Å². The topological polar surface area (TPSA) is 51.8 Å². The summed E-state index contributed by atoms with van der Waals surface area (Å²) in [6.45, 7) is 2.08. The second kappa shape index (κ2) is 6.89. The van der Waals surface area contributed by atoms with E-state index in [9.17, 15) is 0 Å². The maximum Gasteiger partial charge on any atom is 0.188 e. The highest BCUT2D eigenvalue weighted by Crippen LogP contribution is 2.36. The minimum atomic E-state index is 0.0509. The van der Waals surface area contributed by atoms with Crippen LogP contribution < -0.4 is 5.73 Å². The molecule has 1 aromatic carbocycles. The quantitative estimate of drug-likeness (QED) is 0.674. The molecule has 0 spiro atoms. The van der Waals surface area contributed by atoms with Crippen LogP contribution in [0.1, 0.15) is 24.2 Å². The third-order valence-corrected chi connectivity index (χ3v) is 4.38. The Morgan fingerprint density at radius 3 is 2.42 bits per heavy atom. The van der Waals surface area contributed by atoms with Gasteiger partial charge in [0, 0.05) is 23.5 Å². The van der Waals surface area contributed by atoms with Crippen LogP contribution in [0.4, 0.5) is 0 Å². The summed E-state index contributed by atoms with van der Waals surface area (Å²) in [6.07, 6.45) is 4.38. The molecule has 0 aliphatic rings. The highest BCUT2D eigenvalue weighted by atomic mass is 35.5. The summed E-state index contributed by atoms with van der Waals surface area (Å²) >= 11 is 7.52. The van der Waals surface area contributed by atoms with Gasteiger partial charge >= 0.3 is 0 Å². The molecule has 1 aromatic heterocycles. The van der Waals surface area contributed by atoms with Gasteiger partial charge in [-0.1, -0.05) is 42.4 Å². The Labute approximate surface area is 122 Å². The SMILES string of the molecule is CCC(N)C(Sc1ncccn1)c1ccc(Cl)cc1. The van der Waals surface area contributed by atoms with Gasteiger partial charge in [0.05, 0.1) is 5.25 Å². The zero-order valence-electron chi connectivity index (χ0n) is 10.7. The Kier molecular flexibility index (Phi) is 5.19. The lowest BCUT2D eigenvalue weighted by molar-refractivity contribution is 0.632. The van der Waals surface area contributed by atoms with Crippen LogP contribution in [0, 0.1) is 0 Å². The minimum absolute atomic E-state index is 0.0509. The van der Waals surface area contributed by atoms with Crippen molar-refractivity contribution in [2.24, 2.45) is 5.73 Å². The van der Waals surface area contributed by atoms with E-state index in [-0.39, 0.29) is 11.3 Å². The van der Waals surface area contributed by atoms with Crippen molar-refractivity contribution >= 4 is 23.4 Å². The molecule has 2 unspecified atom stereocenters. The highest BCUT2D eigenvalue weighted by Gasteiger charge is 2.21. The summed E-state index contributed by atoms with van der Waals surface area (Å²) in [7, 11) is 0. The molecule has 1 heterocycles. The van der Waals surface area contributed by atoms with Crippen LogP contribution in [-0.4, -0.2) is 16.0 Å². The molecule has 0 saturated carbocycles. The largest absolute Gasteiger partial charge is 0.326 e. The zero-order chi connectivity index (χ0) is 13.7. The van der Waals surface area contributed by atoms with Gasteiger partial charge in [0.1, 0.15) is 0 Å². The van der Waals surface area contributed by atoms with E-state index in [0.717, 1.165) is 22.2 Å². The molecular weight excluding hydrogens is 278 g/mol. The van der Waals surface area contributed by atoms with Crippen LogP contribution in [-0.2, 0) is 0 Å². The van der Waals surface area contributed by atoms with Gasteiger partial charge in [0.2, 0.25) is 0 Å².